The molecule has 5 nitrogen and oxygen atoms in total. The van der Waals surface area contributed by atoms with Crippen LogP contribution in [-0.4, -0.2) is 41.5 Å². The van der Waals surface area contributed by atoms with Crippen molar-refractivity contribution in [1.29, 1.82) is 0 Å². The van der Waals surface area contributed by atoms with Gasteiger partial charge >= 0.3 is 0 Å². The van der Waals surface area contributed by atoms with Gasteiger partial charge < -0.3 is 19.3 Å². The van der Waals surface area contributed by atoms with Gasteiger partial charge in [-0.05, 0) is 33.0 Å². The molecule has 3 rings (SSSR count). The van der Waals surface area contributed by atoms with E-state index in [0.29, 0.717) is 17.2 Å². The monoisotopic (exact) mass is 293 g/mol. The largest absolute Gasteiger partial charge is 0.486 e. The number of benzene rings is 1. The van der Waals surface area contributed by atoms with Crippen molar-refractivity contribution in [1.82, 2.24) is 4.90 Å². The summed E-state index contributed by atoms with van der Waals surface area (Å²) in [7, 11) is 0. The van der Waals surface area contributed by atoms with Gasteiger partial charge in [0.1, 0.15) is 17.5 Å². The van der Waals surface area contributed by atoms with Crippen LogP contribution >= 0.6 is 0 Å². The third-order valence-corrected chi connectivity index (χ3v) is 4.41. The maximum atomic E-state index is 10.9. The Kier molecular flexibility index (Phi) is 3.50. The van der Waals surface area contributed by atoms with Crippen molar-refractivity contribution in [2.45, 2.75) is 45.4 Å². The summed E-state index contributed by atoms with van der Waals surface area (Å²) < 4.78 is 17.0. The maximum Gasteiger partial charge on any atom is 0.231 e. The Labute approximate surface area is 125 Å². The molecular weight excluding hydrogens is 270 g/mol. The molecule has 0 fully saturated rings. The molecule has 1 aromatic carbocycles. The molecule has 1 N–H and O–H groups in total. The normalized spacial score (nSPS) is 25.6. The van der Waals surface area contributed by atoms with E-state index >= 15 is 0 Å². The van der Waals surface area contributed by atoms with E-state index in [2.05, 4.69) is 18.7 Å². The van der Waals surface area contributed by atoms with Crippen LogP contribution in [0.2, 0.25) is 0 Å². The smallest absolute Gasteiger partial charge is 0.231 e. The van der Waals surface area contributed by atoms with Crippen molar-refractivity contribution in [2.75, 3.05) is 19.9 Å². The molecule has 2 unspecified atom stereocenters. The van der Waals surface area contributed by atoms with E-state index in [1.54, 1.807) is 0 Å². The molecule has 1 aromatic rings. The molecule has 0 spiro atoms. The Morgan fingerprint density at radius 1 is 1.14 bits per heavy atom. The molecule has 2 heterocycles. The summed E-state index contributed by atoms with van der Waals surface area (Å²) in [5.41, 5.74) is 0.294. The van der Waals surface area contributed by atoms with Crippen LogP contribution in [0.4, 0.5) is 0 Å². The summed E-state index contributed by atoms with van der Waals surface area (Å²) in [5.74, 6) is 2.03. The third kappa shape index (κ3) is 2.24. The topological polar surface area (TPSA) is 51.2 Å². The van der Waals surface area contributed by atoms with Gasteiger partial charge in [-0.3, -0.25) is 4.90 Å². The zero-order valence-corrected chi connectivity index (χ0v) is 13.0. The first-order chi connectivity index (χ1) is 9.97. The fraction of sp³-hybridized carbons (Fsp3) is 0.625. The van der Waals surface area contributed by atoms with E-state index in [4.69, 9.17) is 14.2 Å². The molecule has 21 heavy (non-hydrogen) atoms. The van der Waals surface area contributed by atoms with Gasteiger partial charge in [0.05, 0.1) is 6.04 Å². The molecule has 0 bridgehead atoms. The third-order valence-electron chi connectivity index (χ3n) is 4.41. The van der Waals surface area contributed by atoms with Crippen molar-refractivity contribution < 1.29 is 19.3 Å². The molecule has 0 aliphatic carbocycles. The molecule has 116 valence electrons. The fourth-order valence-electron chi connectivity index (χ4n) is 3.41. The minimum absolute atomic E-state index is 0.0969. The Hall–Kier alpha value is -1.46. The van der Waals surface area contributed by atoms with Gasteiger partial charge in [0.25, 0.3) is 0 Å². The summed E-state index contributed by atoms with van der Waals surface area (Å²) in [6.45, 7) is 10.2. The van der Waals surface area contributed by atoms with E-state index in [1.807, 2.05) is 26.0 Å². The van der Waals surface area contributed by atoms with Crippen LogP contribution in [0, 0.1) is 0 Å². The predicted molar refractivity (Wildman–Crippen MR) is 78.9 cm³/mol. The lowest BCUT2D eigenvalue weighted by atomic mass is 9.84. The van der Waals surface area contributed by atoms with E-state index in [9.17, 15) is 5.11 Å². The average Bonchev–Trinajstić information content (AvgIpc) is 2.88. The number of fused-ring (bicyclic) bond motifs is 2. The lowest BCUT2D eigenvalue weighted by Gasteiger charge is -2.47. The molecule has 0 radical (unpaired) electrons. The van der Waals surface area contributed by atoms with E-state index < -0.39 is 11.7 Å². The molecule has 2 aliphatic heterocycles. The number of ether oxygens (including phenoxy) is 3. The first kappa shape index (κ1) is 14.5. The zero-order valence-electron chi connectivity index (χ0n) is 13.0. The standard InChI is InChI=1S/C16H23NO4/c1-5-17(6-2)15-14(18)10-7-12-13(20-9-19-12)8-11(10)21-16(15,3)4/h7-8,14-15,18H,5-6,9H2,1-4H3. The predicted octanol–water partition coefficient (Wildman–Crippen LogP) is 2.33. The van der Waals surface area contributed by atoms with Crippen molar-refractivity contribution in [3.05, 3.63) is 17.7 Å². The molecular formula is C16H23NO4. The second-order valence-electron chi connectivity index (χ2n) is 6.06. The van der Waals surface area contributed by atoms with Gasteiger partial charge in [0.15, 0.2) is 11.5 Å². The second kappa shape index (κ2) is 5.07. The summed E-state index contributed by atoms with van der Waals surface area (Å²) in [4.78, 5) is 2.23. The summed E-state index contributed by atoms with van der Waals surface area (Å²) in [6.07, 6.45) is -0.613. The Balaban J connectivity index is 2.04. The van der Waals surface area contributed by atoms with E-state index in [0.717, 1.165) is 18.7 Å². The second-order valence-corrected chi connectivity index (χ2v) is 6.06. The average molecular weight is 293 g/mol. The maximum absolute atomic E-state index is 10.9. The lowest BCUT2D eigenvalue weighted by Crippen LogP contribution is -2.57. The van der Waals surface area contributed by atoms with Crippen LogP contribution in [0.3, 0.4) is 0 Å². The SMILES string of the molecule is CCN(CC)C1C(O)c2cc3c(cc2OC1(C)C)OCO3. The van der Waals surface area contributed by atoms with Crippen LogP contribution in [0.15, 0.2) is 12.1 Å². The highest BCUT2D eigenvalue weighted by molar-refractivity contribution is 5.54. The lowest BCUT2D eigenvalue weighted by molar-refractivity contribution is -0.0799. The number of aliphatic hydroxyl groups excluding tert-OH is 1. The van der Waals surface area contributed by atoms with E-state index in [1.165, 1.54) is 0 Å². The van der Waals surface area contributed by atoms with Crippen molar-refractivity contribution in [3.63, 3.8) is 0 Å². The minimum atomic E-state index is -0.613. The number of hydrogen-bond donors (Lipinski definition) is 1. The van der Waals surface area contributed by atoms with Crippen molar-refractivity contribution in [3.8, 4) is 17.2 Å². The van der Waals surface area contributed by atoms with Crippen LogP contribution in [-0.2, 0) is 0 Å². The van der Waals surface area contributed by atoms with Crippen molar-refractivity contribution >= 4 is 0 Å². The van der Waals surface area contributed by atoms with Crippen LogP contribution < -0.4 is 14.2 Å². The molecule has 2 aliphatic rings. The fourth-order valence-corrected chi connectivity index (χ4v) is 3.41. The van der Waals surface area contributed by atoms with Gasteiger partial charge in [-0.15, -0.1) is 0 Å². The first-order valence-electron chi connectivity index (χ1n) is 7.52. The van der Waals surface area contributed by atoms with Gasteiger partial charge in [-0.1, -0.05) is 13.8 Å². The highest BCUT2D eigenvalue weighted by Crippen LogP contribution is 2.47. The minimum Gasteiger partial charge on any atom is -0.486 e. The quantitative estimate of drug-likeness (QED) is 0.927. The molecule has 0 aromatic heterocycles. The van der Waals surface area contributed by atoms with Gasteiger partial charge in [-0.2, -0.15) is 0 Å². The van der Waals surface area contributed by atoms with Gasteiger partial charge in [0.2, 0.25) is 6.79 Å². The van der Waals surface area contributed by atoms with Crippen LogP contribution in [0.5, 0.6) is 17.2 Å². The number of hydrogen-bond acceptors (Lipinski definition) is 5. The highest BCUT2D eigenvalue weighted by atomic mass is 16.7. The Morgan fingerprint density at radius 3 is 2.38 bits per heavy atom. The molecule has 0 amide bonds. The van der Waals surface area contributed by atoms with Gasteiger partial charge in [-0.25, -0.2) is 0 Å². The molecule has 0 saturated heterocycles. The Morgan fingerprint density at radius 2 is 1.76 bits per heavy atom. The van der Waals surface area contributed by atoms with Gasteiger partial charge in [0, 0.05) is 11.6 Å². The number of likely N-dealkylation sites (N-methyl/N-ethyl adjacent to an activating group) is 1. The van der Waals surface area contributed by atoms with Crippen LogP contribution in [0.25, 0.3) is 0 Å². The summed E-state index contributed by atoms with van der Waals surface area (Å²) in [6, 6.07) is 3.56. The number of nitrogens with zero attached hydrogens (tertiary/aromatic N) is 1. The van der Waals surface area contributed by atoms with E-state index in [-0.39, 0.29) is 12.8 Å². The molecule has 0 saturated carbocycles. The Bertz CT molecular complexity index is 539. The number of aliphatic hydroxyl groups is 1. The summed E-state index contributed by atoms with van der Waals surface area (Å²) >= 11 is 0. The molecule has 2 atom stereocenters. The summed E-state index contributed by atoms with van der Waals surface area (Å²) in [5, 5.41) is 10.9. The first-order valence-corrected chi connectivity index (χ1v) is 7.52. The number of rotatable bonds is 3. The zero-order chi connectivity index (χ0) is 15.2. The van der Waals surface area contributed by atoms with Crippen molar-refractivity contribution in [2.24, 2.45) is 0 Å². The highest BCUT2D eigenvalue weighted by Gasteiger charge is 2.46. The van der Waals surface area contributed by atoms with Crippen LogP contribution in [0.1, 0.15) is 39.4 Å². The molecule has 5 heteroatoms.